The van der Waals surface area contributed by atoms with Gasteiger partial charge in [-0.25, -0.2) is 4.39 Å². The highest BCUT2D eigenvalue weighted by Gasteiger charge is 2.30. The lowest BCUT2D eigenvalue weighted by molar-refractivity contribution is 0.101. The molecule has 2 aromatic carbocycles. The lowest BCUT2D eigenvalue weighted by atomic mass is 10.1. The van der Waals surface area contributed by atoms with Gasteiger partial charge in [0.1, 0.15) is 11.5 Å². The molecule has 0 radical (unpaired) electrons. The van der Waals surface area contributed by atoms with Crippen molar-refractivity contribution < 1.29 is 23.8 Å². The number of rotatable bonds is 6. The van der Waals surface area contributed by atoms with E-state index in [0.717, 1.165) is 53.8 Å². The van der Waals surface area contributed by atoms with Crippen molar-refractivity contribution in [3.8, 4) is 17.2 Å². The van der Waals surface area contributed by atoms with Gasteiger partial charge < -0.3 is 24.0 Å². The Hall–Kier alpha value is -3.32. The summed E-state index contributed by atoms with van der Waals surface area (Å²) in [6.07, 6.45) is 2.66. The van der Waals surface area contributed by atoms with Crippen LogP contribution in [0.3, 0.4) is 0 Å². The van der Waals surface area contributed by atoms with Crippen molar-refractivity contribution in [2.75, 3.05) is 27.7 Å². The molecule has 0 unspecified atom stereocenters. The van der Waals surface area contributed by atoms with Crippen LogP contribution >= 0.6 is 0 Å². The van der Waals surface area contributed by atoms with Crippen molar-refractivity contribution in [1.29, 1.82) is 0 Å². The Labute approximate surface area is 180 Å². The van der Waals surface area contributed by atoms with Crippen molar-refractivity contribution in [2.24, 2.45) is 0 Å². The number of nitrogens with zero attached hydrogens (tertiary/aromatic N) is 2. The summed E-state index contributed by atoms with van der Waals surface area (Å²) in [5, 5.41) is 10.5. The molecule has 0 saturated carbocycles. The Morgan fingerprint density at radius 3 is 2.74 bits per heavy atom. The molecular formula is C24H25FN2O4. The fourth-order valence-corrected chi connectivity index (χ4v) is 3.96. The number of hydrogen-bond acceptors (Lipinski definition) is 5. The molecule has 1 N–H and O–H groups in total. The van der Waals surface area contributed by atoms with Crippen molar-refractivity contribution in [2.45, 2.75) is 19.9 Å². The number of aromatic nitrogens is 1. The molecule has 2 heterocycles. The number of phenolic OH excluding ortho intramolecular Hbond substituents is 1. The average Bonchev–Trinajstić information content (AvgIpc) is 3.17. The van der Waals surface area contributed by atoms with E-state index in [1.54, 1.807) is 13.2 Å². The number of phenols is 1. The van der Waals surface area contributed by atoms with Crippen LogP contribution in [0.25, 0.3) is 17.0 Å². The van der Waals surface area contributed by atoms with Crippen LogP contribution in [0, 0.1) is 12.7 Å². The van der Waals surface area contributed by atoms with Gasteiger partial charge in [-0.15, -0.1) is 0 Å². The number of aryl methyl sites for hydroxylation is 1. The van der Waals surface area contributed by atoms with E-state index in [2.05, 4.69) is 9.47 Å². The van der Waals surface area contributed by atoms with Gasteiger partial charge in [0.05, 0.1) is 12.7 Å². The third kappa shape index (κ3) is 3.77. The standard InChI is InChI=1S/C24H25FN2O4/c1-14-16(12-23-24(29)18-11-19(25)21(28)13-22(18)31-23)17-10-15(30-4)6-7-20(17)27(14)9-5-8-26(2)3/h6-7,10-13,28H,5,8-9H2,1-4H3/b23-12-. The highest BCUT2D eigenvalue weighted by molar-refractivity contribution is 6.15. The molecule has 0 amide bonds. The molecule has 4 rings (SSSR count). The Morgan fingerprint density at radius 2 is 2.03 bits per heavy atom. The Bertz CT molecular complexity index is 1210. The molecule has 162 valence electrons. The summed E-state index contributed by atoms with van der Waals surface area (Å²) in [7, 11) is 5.70. The third-order valence-corrected chi connectivity index (χ3v) is 5.58. The number of allylic oxidation sites excluding steroid dienone is 1. The van der Waals surface area contributed by atoms with E-state index in [0.29, 0.717) is 5.75 Å². The van der Waals surface area contributed by atoms with Crippen LogP contribution in [0.2, 0.25) is 0 Å². The molecule has 3 aromatic rings. The molecule has 31 heavy (non-hydrogen) atoms. The first-order chi connectivity index (χ1) is 14.8. The minimum Gasteiger partial charge on any atom is -0.505 e. The topological polar surface area (TPSA) is 63.9 Å². The second kappa shape index (κ2) is 8.07. The summed E-state index contributed by atoms with van der Waals surface area (Å²) >= 11 is 0. The highest BCUT2D eigenvalue weighted by atomic mass is 19.1. The van der Waals surface area contributed by atoms with E-state index in [1.165, 1.54) is 0 Å². The summed E-state index contributed by atoms with van der Waals surface area (Å²) < 4.78 is 27.0. The Morgan fingerprint density at radius 1 is 1.26 bits per heavy atom. The summed E-state index contributed by atoms with van der Waals surface area (Å²) in [6.45, 7) is 3.79. The Balaban J connectivity index is 1.80. The molecule has 0 spiro atoms. The fourth-order valence-electron chi connectivity index (χ4n) is 3.96. The van der Waals surface area contributed by atoms with Crippen molar-refractivity contribution in [3.05, 3.63) is 58.7 Å². The first-order valence-corrected chi connectivity index (χ1v) is 10.1. The molecule has 0 aliphatic carbocycles. The van der Waals surface area contributed by atoms with Gasteiger partial charge >= 0.3 is 0 Å². The lowest BCUT2D eigenvalue weighted by Gasteiger charge is -2.12. The minimum atomic E-state index is -0.852. The van der Waals surface area contributed by atoms with Crippen LogP contribution in [-0.4, -0.2) is 48.1 Å². The number of carbonyl (C=O) groups is 1. The number of benzene rings is 2. The number of ketones is 1. The zero-order valence-electron chi connectivity index (χ0n) is 18.0. The predicted octanol–water partition coefficient (Wildman–Crippen LogP) is 4.37. The molecule has 7 heteroatoms. The summed E-state index contributed by atoms with van der Waals surface area (Å²) in [6, 6.07) is 8.01. The van der Waals surface area contributed by atoms with E-state index in [4.69, 9.17) is 9.47 Å². The number of Topliss-reactive ketones (excluding diaryl/α,β-unsaturated/α-hetero) is 1. The molecule has 0 bridgehead atoms. The number of fused-ring (bicyclic) bond motifs is 2. The van der Waals surface area contributed by atoms with Crippen LogP contribution in [0.15, 0.2) is 36.1 Å². The number of methoxy groups -OCH3 is 1. The van der Waals surface area contributed by atoms with Crippen LogP contribution < -0.4 is 9.47 Å². The van der Waals surface area contributed by atoms with Gasteiger partial charge in [-0.2, -0.15) is 0 Å². The summed E-state index contributed by atoms with van der Waals surface area (Å²) in [5.74, 6) is -0.851. The molecule has 0 fully saturated rings. The Kier molecular flexibility index (Phi) is 5.45. The number of halogens is 1. The van der Waals surface area contributed by atoms with Gasteiger partial charge in [0.2, 0.25) is 5.78 Å². The SMILES string of the molecule is COc1ccc2c(c1)c(/C=C1\Oc3cc(O)c(F)cc3C1=O)c(C)n2CCCN(C)C. The van der Waals surface area contributed by atoms with Gasteiger partial charge in [-0.3, -0.25) is 4.79 Å². The monoisotopic (exact) mass is 424 g/mol. The molecular weight excluding hydrogens is 399 g/mol. The molecule has 1 aliphatic heterocycles. The largest absolute Gasteiger partial charge is 0.505 e. The second-order valence-corrected chi connectivity index (χ2v) is 7.93. The average molecular weight is 424 g/mol. The fraction of sp³-hybridized carbons (Fsp3) is 0.292. The van der Waals surface area contributed by atoms with Gasteiger partial charge in [0.25, 0.3) is 0 Å². The van der Waals surface area contributed by atoms with E-state index >= 15 is 0 Å². The second-order valence-electron chi connectivity index (χ2n) is 7.93. The van der Waals surface area contributed by atoms with Crippen molar-refractivity contribution >= 4 is 22.8 Å². The zero-order chi connectivity index (χ0) is 22.3. The lowest BCUT2D eigenvalue weighted by Crippen LogP contribution is -2.15. The van der Waals surface area contributed by atoms with Crippen molar-refractivity contribution in [3.63, 3.8) is 0 Å². The minimum absolute atomic E-state index is 0.0956. The van der Waals surface area contributed by atoms with Gasteiger partial charge in [-0.1, -0.05) is 0 Å². The first kappa shape index (κ1) is 20.9. The van der Waals surface area contributed by atoms with Crippen LogP contribution in [-0.2, 0) is 6.54 Å². The number of aromatic hydroxyl groups is 1. The summed E-state index contributed by atoms with van der Waals surface area (Å²) in [5.41, 5.74) is 2.98. The van der Waals surface area contributed by atoms with Gasteiger partial charge in [-0.05, 0) is 64.3 Å². The first-order valence-electron chi connectivity index (χ1n) is 10.1. The normalized spacial score (nSPS) is 14.5. The number of ether oxygens (including phenoxy) is 2. The van der Waals surface area contributed by atoms with E-state index < -0.39 is 17.3 Å². The van der Waals surface area contributed by atoms with E-state index in [9.17, 15) is 14.3 Å². The van der Waals surface area contributed by atoms with Crippen molar-refractivity contribution in [1.82, 2.24) is 9.47 Å². The van der Waals surface area contributed by atoms with Gasteiger partial charge in [0.15, 0.2) is 17.3 Å². The molecule has 0 saturated heterocycles. The molecule has 1 aromatic heterocycles. The van der Waals surface area contributed by atoms with E-state index in [-0.39, 0.29) is 17.1 Å². The maximum absolute atomic E-state index is 13.7. The maximum atomic E-state index is 13.7. The predicted molar refractivity (Wildman–Crippen MR) is 117 cm³/mol. The number of hydrogen-bond donors (Lipinski definition) is 1. The van der Waals surface area contributed by atoms with Crippen LogP contribution in [0.5, 0.6) is 17.2 Å². The molecule has 1 aliphatic rings. The van der Waals surface area contributed by atoms with Gasteiger partial charge in [0, 0.05) is 34.8 Å². The summed E-state index contributed by atoms with van der Waals surface area (Å²) in [4.78, 5) is 15.0. The smallest absolute Gasteiger partial charge is 0.232 e. The van der Waals surface area contributed by atoms with Crippen LogP contribution in [0.4, 0.5) is 4.39 Å². The number of carbonyl (C=O) groups excluding carboxylic acids is 1. The zero-order valence-corrected chi connectivity index (χ0v) is 18.0. The molecule has 0 atom stereocenters. The van der Waals surface area contributed by atoms with Crippen LogP contribution in [0.1, 0.15) is 28.0 Å². The molecule has 6 nitrogen and oxygen atoms in total. The highest BCUT2D eigenvalue weighted by Crippen LogP contribution is 2.38. The van der Waals surface area contributed by atoms with E-state index in [1.807, 2.05) is 39.2 Å². The quantitative estimate of drug-likeness (QED) is 0.596. The maximum Gasteiger partial charge on any atom is 0.232 e. The third-order valence-electron chi connectivity index (χ3n) is 5.58.